The summed E-state index contributed by atoms with van der Waals surface area (Å²) in [5.74, 6) is 0.378. The van der Waals surface area contributed by atoms with Crippen molar-refractivity contribution in [2.45, 2.75) is 26.2 Å². The molecule has 0 saturated carbocycles. The molecular weight excluding hydrogens is 264 g/mol. The summed E-state index contributed by atoms with van der Waals surface area (Å²) >= 11 is 1.83. The summed E-state index contributed by atoms with van der Waals surface area (Å²) in [5, 5.41) is 3.48. The lowest BCUT2D eigenvalue weighted by atomic mass is 9.93. The van der Waals surface area contributed by atoms with Crippen molar-refractivity contribution in [1.29, 1.82) is 0 Å². The lowest BCUT2D eigenvalue weighted by Crippen LogP contribution is -2.14. The maximum atomic E-state index is 6.05. The van der Waals surface area contributed by atoms with Gasteiger partial charge in [0.25, 0.3) is 0 Å². The van der Waals surface area contributed by atoms with Crippen LogP contribution in [0.3, 0.4) is 0 Å². The Kier molecular flexibility index (Phi) is 3.64. The van der Waals surface area contributed by atoms with Crippen LogP contribution in [0.2, 0.25) is 0 Å². The summed E-state index contributed by atoms with van der Waals surface area (Å²) in [6.07, 6.45) is 3.16. The van der Waals surface area contributed by atoms with Crippen LogP contribution in [0.5, 0.6) is 0 Å². The van der Waals surface area contributed by atoms with Crippen LogP contribution in [0.4, 0.5) is 0 Å². The van der Waals surface area contributed by atoms with Crippen molar-refractivity contribution >= 4 is 22.2 Å². The van der Waals surface area contributed by atoms with Gasteiger partial charge in [-0.2, -0.15) is 0 Å². The van der Waals surface area contributed by atoms with E-state index in [9.17, 15) is 0 Å². The number of aryl methyl sites for hydroxylation is 2. The third-order valence-corrected chi connectivity index (χ3v) is 5.04. The van der Waals surface area contributed by atoms with Gasteiger partial charge in [0.05, 0.1) is 0 Å². The predicted octanol–water partition coefficient (Wildman–Crippen LogP) is 4.13. The van der Waals surface area contributed by atoms with E-state index < -0.39 is 0 Å². The Morgan fingerprint density at radius 2 is 2.10 bits per heavy atom. The number of aromatic nitrogens is 1. The Bertz CT molecular complexity index is 724. The molecule has 0 aliphatic carbocycles. The lowest BCUT2D eigenvalue weighted by molar-refractivity contribution is 0.704. The minimum absolute atomic E-state index is 0.378. The van der Waals surface area contributed by atoms with Gasteiger partial charge in [-0.25, -0.2) is 0 Å². The molecule has 0 amide bonds. The van der Waals surface area contributed by atoms with Crippen molar-refractivity contribution < 1.29 is 0 Å². The van der Waals surface area contributed by atoms with Crippen LogP contribution >= 0.6 is 11.3 Å². The predicted molar refractivity (Wildman–Crippen MR) is 87.6 cm³/mol. The van der Waals surface area contributed by atoms with Gasteiger partial charge in [0, 0.05) is 27.9 Å². The van der Waals surface area contributed by atoms with Crippen LogP contribution in [0.15, 0.2) is 35.8 Å². The molecule has 2 nitrogen and oxygen atoms in total. The normalized spacial score (nSPS) is 12.9. The SMILES string of the molecule is Cc1ccc2[nH]cc(C(CN)Cc3sccc3C)c2c1. The second kappa shape index (κ2) is 5.43. The highest BCUT2D eigenvalue weighted by Gasteiger charge is 2.16. The molecule has 0 radical (unpaired) electrons. The molecule has 0 fully saturated rings. The highest BCUT2D eigenvalue weighted by Crippen LogP contribution is 2.30. The average molecular weight is 284 g/mol. The molecule has 2 heterocycles. The van der Waals surface area contributed by atoms with E-state index in [0.717, 1.165) is 6.42 Å². The van der Waals surface area contributed by atoms with E-state index in [1.807, 2.05) is 11.3 Å². The van der Waals surface area contributed by atoms with Crippen molar-refractivity contribution in [3.63, 3.8) is 0 Å². The Balaban J connectivity index is 1.99. The minimum atomic E-state index is 0.378. The number of fused-ring (bicyclic) bond motifs is 1. The van der Waals surface area contributed by atoms with Gasteiger partial charge >= 0.3 is 0 Å². The minimum Gasteiger partial charge on any atom is -0.361 e. The number of hydrogen-bond acceptors (Lipinski definition) is 2. The second-order valence-electron chi connectivity index (χ2n) is 5.46. The molecule has 0 spiro atoms. The highest BCUT2D eigenvalue weighted by molar-refractivity contribution is 7.10. The number of H-pyrrole nitrogens is 1. The molecule has 0 aliphatic rings. The molecule has 1 aromatic carbocycles. The van der Waals surface area contributed by atoms with Crippen LogP contribution in [-0.2, 0) is 6.42 Å². The van der Waals surface area contributed by atoms with Gasteiger partial charge in [-0.3, -0.25) is 0 Å². The Hall–Kier alpha value is -1.58. The third-order valence-electron chi connectivity index (χ3n) is 3.99. The molecule has 0 aliphatic heterocycles. The van der Waals surface area contributed by atoms with E-state index in [1.165, 1.54) is 32.5 Å². The highest BCUT2D eigenvalue weighted by atomic mass is 32.1. The summed E-state index contributed by atoms with van der Waals surface area (Å²) in [5.41, 5.74) is 11.3. The zero-order valence-electron chi connectivity index (χ0n) is 11.9. The van der Waals surface area contributed by atoms with Crippen molar-refractivity contribution in [3.05, 3.63) is 57.4 Å². The fourth-order valence-electron chi connectivity index (χ4n) is 2.75. The molecule has 3 heteroatoms. The Labute approximate surface area is 123 Å². The van der Waals surface area contributed by atoms with Gasteiger partial charge in [-0.15, -0.1) is 11.3 Å². The summed E-state index contributed by atoms with van der Waals surface area (Å²) < 4.78 is 0. The zero-order valence-corrected chi connectivity index (χ0v) is 12.8. The van der Waals surface area contributed by atoms with Crippen LogP contribution in [0.25, 0.3) is 10.9 Å². The standard InChI is InChI=1S/C17H20N2S/c1-11-3-4-16-14(7-11)15(10-19-16)13(9-18)8-17-12(2)5-6-20-17/h3-7,10,13,19H,8-9,18H2,1-2H3. The van der Waals surface area contributed by atoms with Crippen LogP contribution in [-0.4, -0.2) is 11.5 Å². The first-order chi connectivity index (χ1) is 9.69. The second-order valence-corrected chi connectivity index (χ2v) is 6.46. The number of benzene rings is 1. The molecule has 0 saturated heterocycles. The summed E-state index contributed by atoms with van der Waals surface area (Å²) in [4.78, 5) is 4.82. The average Bonchev–Trinajstić information content (AvgIpc) is 3.02. The fourth-order valence-corrected chi connectivity index (χ4v) is 3.74. The van der Waals surface area contributed by atoms with E-state index in [0.29, 0.717) is 12.5 Å². The molecular formula is C17H20N2S. The van der Waals surface area contributed by atoms with Gasteiger partial charge in [-0.05, 0) is 61.5 Å². The van der Waals surface area contributed by atoms with E-state index in [-0.39, 0.29) is 0 Å². The molecule has 104 valence electrons. The zero-order chi connectivity index (χ0) is 14.1. The monoisotopic (exact) mass is 284 g/mol. The summed E-state index contributed by atoms with van der Waals surface area (Å²) in [6, 6.07) is 8.74. The van der Waals surface area contributed by atoms with Crippen molar-refractivity contribution in [2.24, 2.45) is 5.73 Å². The lowest BCUT2D eigenvalue weighted by Gasteiger charge is -2.14. The largest absolute Gasteiger partial charge is 0.361 e. The number of thiophene rings is 1. The molecule has 1 atom stereocenters. The summed E-state index contributed by atoms with van der Waals surface area (Å²) in [7, 11) is 0. The number of aromatic amines is 1. The van der Waals surface area contributed by atoms with Gasteiger partial charge in [-0.1, -0.05) is 11.6 Å². The first-order valence-electron chi connectivity index (χ1n) is 6.99. The van der Waals surface area contributed by atoms with E-state index in [1.54, 1.807) is 0 Å². The van der Waals surface area contributed by atoms with E-state index in [4.69, 9.17) is 5.73 Å². The van der Waals surface area contributed by atoms with E-state index >= 15 is 0 Å². The molecule has 0 bridgehead atoms. The molecule has 3 aromatic rings. The molecule has 3 N–H and O–H groups in total. The summed E-state index contributed by atoms with van der Waals surface area (Å²) in [6.45, 7) is 4.99. The first kappa shape index (κ1) is 13.4. The Morgan fingerprint density at radius 3 is 2.80 bits per heavy atom. The van der Waals surface area contributed by atoms with Gasteiger partial charge in [0.1, 0.15) is 0 Å². The molecule has 20 heavy (non-hydrogen) atoms. The maximum Gasteiger partial charge on any atom is 0.0457 e. The van der Waals surface area contributed by atoms with Gasteiger partial charge < -0.3 is 10.7 Å². The fraction of sp³-hybridized carbons (Fsp3) is 0.294. The van der Waals surface area contributed by atoms with Crippen LogP contribution in [0, 0.1) is 13.8 Å². The molecule has 2 aromatic heterocycles. The molecule has 3 rings (SSSR count). The number of rotatable bonds is 4. The smallest absolute Gasteiger partial charge is 0.0457 e. The van der Waals surface area contributed by atoms with Crippen molar-refractivity contribution in [1.82, 2.24) is 4.98 Å². The van der Waals surface area contributed by atoms with Gasteiger partial charge in [0.15, 0.2) is 0 Å². The van der Waals surface area contributed by atoms with Crippen LogP contribution < -0.4 is 5.73 Å². The quantitative estimate of drug-likeness (QED) is 0.743. The Morgan fingerprint density at radius 1 is 1.25 bits per heavy atom. The number of hydrogen-bond donors (Lipinski definition) is 2. The number of nitrogens with one attached hydrogen (secondary N) is 1. The van der Waals surface area contributed by atoms with E-state index in [2.05, 4.69) is 54.7 Å². The maximum absolute atomic E-state index is 6.05. The first-order valence-corrected chi connectivity index (χ1v) is 7.87. The van der Waals surface area contributed by atoms with Crippen molar-refractivity contribution in [3.8, 4) is 0 Å². The topological polar surface area (TPSA) is 41.8 Å². The molecule has 1 unspecified atom stereocenters. The number of nitrogens with two attached hydrogens (primary N) is 1. The van der Waals surface area contributed by atoms with Gasteiger partial charge in [0.2, 0.25) is 0 Å². The van der Waals surface area contributed by atoms with Crippen molar-refractivity contribution in [2.75, 3.05) is 6.54 Å². The van der Waals surface area contributed by atoms with Crippen LogP contribution in [0.1, 0.15) is 27.5 Å². The third kappa shape index (κ3) is 2.39.